The number of nitrogens with one attached hydrogen (secondary N) is 2. The van der Waals surface area contributed by atoms with Gasteiger partial charge in [0.2, 0.25) is 0 Å². The molecule has 2 unspecified atom stereocenters. The van der Waals surface area contributed by atoms with E-state index in [1.807, 2.05) is 0 Å². The fourth-order valence-electron chi connectivity index (χ4n) is 2.82. The lowest BCUT2D eigenvalue weighted by molar-refractivity contribution is 0.380. The van der Waals surface area contributed by atoms with Crippen molar-refractivity contribution in [1.29, 1.82) is 0 Å². The molecule has 1 aliphatic carbocycles. The van der Waals surface area contributed by atoms with Gasteiger partial charge in [-0.15, -0.1) is 11.6 Å². The summed E-state index contributed by atoms with van der Waals surface area (Å²) < 4.78 is 1.45. The van der Waals surface area contributed by atoms with E-state index in [1.165, 1.54) is 17.2 Å². The van der Waals surface area contributed by atoms with Gasteiger partial charge in [0.25, 0.3) is 0 Å². The Morgan fingerprint density at radius 1 is 1.50 bits per heavy atom. The van der Waals surface area contributed by atoms with Crippen molar-refractivity contribution in [3.05, 3.63) is 22.4 Å². The highest BCUT2D eigenvalue weighted by Crippen LogP contribution is 2.28. The Labute approximate surface area is 121 Å². The topological polar surface area (TPSA) is 75.1 Å². The molecule has 6 nitrogen and oxygen atoms in total. The second-order valence-corrected chi connectivity index (χ2v) is 5.91. The maximum atomic E-state index is 11.5. The highest BCUT2D eigenvalue weighted by atomic mass is 35.5. The summed E-state index contributed by atoms with van der Waals surface area (Å²) in [5.41, 5.74) is 0.320. The van der Waals surface area contributed by atoms with Crippen LogP contribution in [0.2, 0.25) is 0 Å². The molecule has 0 amide bonds. The van der Waals surface area contributed by atoms with Crippen molar-refractivity contribution in [2.75, 3.05) is 11.9 Å². The van der Waals surface area contributed by atoms with Crippen LogP contribution in [0.5, 0.6) is 0 Å². The molecule has 0 aliphatic heterocycles. The van der Waals surface area contributed by atoms with Gasteiger partial charge in [-0.05, 0) is 25.7 Å². The Morgan fingerprint density at radius 2 is 2.30 bits per heavy atom. The van der Waals surface area contributed by atoms with Crippen molar-refractivity contribution in [2.24, 2.45) is 5.92 Å². The van der Waals surface area contributed by atoms with E-state index in [4.69, 9.17) is 11.6 Å². The van der Waals surface area contributed by atoms with E-state index >= 15 is 0 Å². The number of fused-ring (bicyclic) bond motifs is 1. The monoisotopic (exact) mass is 295 g/mol. The van der Waals surface area contributed by atoms with Crippen LogP contribution in [0.4, 0.5) is 5.82 Å². The number of aromatic nitrogens is 4. The SMILES string of the molecule is Cc1nc(NCC2CCCCC2Cl)cc2n[nH]c(=O)n12. The van der Waals surface area contributed by atoms with Crippen LogP contribution in [0.25, 0.3) is 5.65 Å². The van der Waals surface area contributed by atoms with Crippen LogP contribution >= 0.6 is 11.6 Å². The lowest BCUT2D eigenvalue weighted by atomic mass is 9.89. The molecule has 0 radical (unpaired) electrons. The fourth-order valence-corrected chi connectivity index (χ4v) is 3.19. The predicted octanol–water partition coefficient (Wildman–Crippen LogP) is 1.94. The highest BCUT2D eigenvalue weighted by Gasteiger charge is 2.22. The van der Waals surface area contributed by atoms with Gasteiger partial charge in [0.15, 0.2) is 5.65 Å². The van der Waals surface area contributed by atoms with Gasteiger partial charge in [0.05, 0.1) is 0 Å². The van der Waals surface area contributed by atoms with Crippen molar-refractivity contribution in [3.8, 4) is 0 Å². The minimum absolute atomic E-state index is 0.245. The maximum absolute atomic E-state index is 11.5. The van der Waals surface area contributed by atoms with Gasteiger partial charge in [0.1, 0.15) is 11.6 Å². The number of nitrogens with zero attached hydrogens (tertiary/aromatic N) is 3. The molecule has 0 spiro atoms. The first-order chi connectivity index (χ1) is 9.65. The molecule has 2 atom stereocenters. The average Bonchev–Trinajstić information content (AvgIpc) is 2.80. The molecule has 1 aliphatic rings. The standard InChI is InChI=1S/C13H18ClN5O/c1-8-16-11(6-12-17-18-13(20)19(8)12)15-7-9-4-2-3-5-10(9)14/h6,9-10,15H,2-5,7H2,1H3,(H,18,20). The molecule has 0 bridgehead atoms. The van der Waals surface area contributed by atoms with E-state index in [9.17, 15) is 4.79 Å². The minimum Gasteiger partial charge on any atom is -0.370 e. The Morgan fingerprint density at radius 3 is 3.10 bits per heavy atom. The normalized spacial score (nSPS) is 23.1. The molecule has 0 aromatic carbocycles. The fraction of sp³-hybridized carbons (Fsp3) is 0.615. The second-order valence-electron chi connectivity index (χ2n) is 5.35. The third kappa shape index (κ3) is 2.52. The number of rotatable bonds is 3. The Hall–Kier alpha value is -1.56. The number of H-pyrrole nitrogens is 1. The maximum Gasteiger partial charge on any atom is 0.349 e. The highest BCUT2D eigenvalue weighted by molar-refractivity contribution is 6.20. The van der Waals surface area contributed by atoms with E-state index in [0.29, 0.717) is 17.4 Å². The van der Waals surface area contributed by atoms with E-state index in [-0.39, 0.29) is 11.1 Å². The van der Waals surface area contributed by atoms with Crippen molar-refractivity contribution in [3.63, 3.8) is 0 Å². The van der Waals surface area contributed by atoms with Crippen LogP contribution in [0.3, 0.4) is 0 Å². The van der Waals surface area contributed by atoms with E-state index in [0.717, 1.165) is 25.2 Å². The zero-order chi connectivity index (χ0) is 14.1. The van der Waals surface area contributed by atoms with Crippen LogP contribution in [0, 0.1) is 12.8 Å². The van der Waals surface area contributed by atoms with Gasteiger partial charge < -0.3 is 5.32 Å². The molecule has 0 saturated heterocycles. The molecule has 7 heteroatoms. The van der Waals surface area contributed by atoms with Gasteiger partial charge >= 0.3 is 5.69 Å². The lowest BCUT2D eigenvalue weighted by Gasteiger charge is -2.27. The summed E-state index contributed by atoms with van der Waals surface area (Å²) in [6, 6.07) is 1.77. The molecule has 1 saturated carbocycles. The molecule has 2 heterocycles. The molecule has 3 rings (SSSR count). The number of alkyl halides is 1. The summed E-state index contributed by atoms with van der Waals surface area (Å²) in [5, 5.41) is 9.96. The smallest absolute Gasteiger partial charge is 0.349 e. The molecule has 2 N–H and O–H groups in total. The van der Waals surface area contributed by atoms with Crippen LogP contribution < -0.4 is 11.0 Å². The molecular formula is C13H18ClN5O. The lowest BCUT2D eigenvalue weighted by Crippen LogP contribution is -2.27. The summed E-state index contributed by atoms with van der Waals surface area (Å²) >= 11 is 6.36. The number of hydrogen-bond donors (Lipinski definition) is 2. The summed E-state index contributed by atoms with van der Waals surface area (Å²) in [4.78, 5) is 15.9. The van der Waals surface area contributed by atoms with Crippen LogP contribution in [0.15, 0.2) is 10.9 Å². The quantitative estimate of drug-likeness (QED) is 0.849. The zero-order valence-corrected chi connectivity index (χ0v) is 12.2. The number of anilines is 1. The van der Waals surface area contributed by atoms with Crippen LogP contribution in [-0.4, -0.2) is 31.5 Å². The first-order valence-corrected chi connectivity index (χ1v) is 7.41. The minimum atomic E-state index is -0.260. The van der Waals surface area contributed by atoms with Crippen molar-refractivity contribution in [2.45, 2.75) is 38.0 Å². The molecule has 2 aromatic rings. The summed E-state index contributed by atoms with van der Waals surface area (Å²) in [6.45, 7) is 2.60. The van der Waals surface area contributed by atoms with Crippen molar-refractivity contribution in [1.82, 2.24) is 19.6 Å². The third-order valence-corrected chi connectivity index (χ3v) is 4.51. The predicted molar refractivity (Wildman–Crippen MR) is 78.4 cm³/mol. The van der Waals surface area contributed by atoms with Crippen molar-refractivity contribution >= 4 is 23.1 Å². The van der Waals surface area contributed by atoms with Crippen LogP contribution in [0.1, 0.15) is 31.5 Å². The van der Waals surface area contributed by atoms with E-state index < -0.39 is 0 Å². The number of halogens is 1. The van der Waals surface area contributed by atoms with Gasteiger partial charge in [-0.3, -0.25) is 0 Å². The average molecular weight is 296 g/mol. The second kappa shape index (κ2) is 5.44. The largest absolute Gasteiger partial charge is 0.370 e. The van der Waals surface area contributed by atoms with Crippen molar-refractivity contribution < 1.29 is 0 Å². The Balaban J connectivity index is 1.76. The van der Waals surface area contributed by atoms with Crippen LogP contribution in [-0.2, 0) is 0 Å². The molecule has 108 valence electrons. The summed E-state index contributed by atoms with van der Waals surface area (Å²) in [5.74, 6) is 1.84. The van der Waals surface area contributed by atoms with Gasteiger partial charge in [-0.1, -0.05) is 12.8 Å². The summed E-state index contributed by atoms with van der Waals surface area (Å²) in [6.07, 6.45) is 4.72. The van der Waals surface area contributed by atoms with Gasteiger partial charge in [-0.2, -0.15) is 5.10 Å². The van der Waals surface area contributed by atoms with Gasteiger partial charge in [0, 0.05) is 18.0 Å². The first-order valence-electron chi connectivity index (χ1n) is 6.98. The Bertz CT molecular complexity index is 664. The Kier molecular flexibility index (Phi) is 3.65. The number of hydrogen-bond acceptors (Lipinski definition) is 4. The van der Waals surface area contributed by atoms with E-state index in [1.54, 1.807) is 13.0 Å². The first kappa shape index (κ1) is 13.4. The zero-order valence-electron chi connectivity index (χ0n) is 11.4. The molecular weight excluding hydrogens is 278 g/mol. The number of aromatic amines is 1. The van der Waals surface area contributed by atoms with Gasteiger partial charge in [-0.25, -0.2) is 19.3 Å². The molecule has 2 aromatic heterocycles. The number of aryl methyl sites for hydroxylation is 1. The van der Waals surface area contributed by atoms with E-state index in [2.05, 4.69) is 20.5 Å². The summed E-state index contributed by atoms with van der Waals surface area (Å²) in [7, 11) is 0. The molecule has 20 heavy (non-hydrogen) atoms. The third-order valence-electron chi connectivity index (χ3n) is 3.93. The molecule has 1 fully saturated rings.